The van der Waals surface area contributed by atoms with E-state index in [0.29, 0.717) is 27.6 Å². The van der Waals surface area contributed by atoms with Crippen LogP contribution in [0.2, 0.25) is 5.02 Å². The Kier molecular flexibility index (Phi) is 6.90. The molecule has 0 saturated carbocycles. The van der Waals surface area contributed by atoms with Crippen LogP contribution in [-0.2, 0) is 16.6 Å². The predicted octanol–water partition coefficient (Wildman–Crippen LogP) is 4.44. The molecule has 156 valence electrons. The van der Waals surface area contributed by atoms with Gasteiger partial charge in [0.05, 0.1) is 13.5 Å². The molecular formula is C22H28ClN3O3. The van der Waals surface area contributed by atoms with Gasteiger partial charge in [-0.15, -0.1) is 0 Å². The van der Waals surface area contributed by atoms with Crippen LogP contribution in [0.5, 0.6) is 5.75 Å². The van der Waals surface area contributed by atoms with Crippen molar-refractivity contribution in [1.82, 2.24) is 4.98 Å². The summed E-state index contributed by atoms with van der Waals surface area (Å²) in [6.45, 7) is 9.87. The molecule has 29 heavy (non-hydrogen) atoms. The van der Waals surface area contributed by atoms with E-state index < -0.39 is 11.3 Å². The number of nitrogens with zero attached hydrogens (tertiary/aromatic N) is 1. The Hall–Kier alpha value is -2.60. The van der Waals surface area contributed by atoms with Crippen molar-refractivity contribution >= 4 is 29.1 Å². The van der Waals surface area contributed by atoms with E-state index in [0.717, 1.165) is 5.56 Å². The maximum absolute atomic E-state index is 12.9. The van der Waals surface area contributed by atoms with E-state index in [1.165, 1.54) is 6.20 Å². The van der Waals surface area contributed by atoms with E-state index in [4.69, 9.17) is 22.1 Å². The second-order valence-electron chi connectivity index (χ2n) is 8.26. The SMILES string of the molecule is COc1c(CC(=O)Nc2ccnc(C(N)=O)c2C(C)(C)C)cc(Cl)cc1C(C)C. The van der Waals surface area contributed by atoms with Gasteiger partial charge < -0.3 is 15.8 Å². The quantitative estimate of drug-likeness (QED) is 0.726. The number of ether oxygens (including phenoxy) is 1. The normalized spacial score (nSPS) is 11.4. The molecule has 1 heterocycles. The number of hydrogen-bond acceptors (Lipinski definition) is 4. The molecule has 1 aromatic carbocycles. The summed E-state index contributed by atoms with van der Waals surface area (Å²) in [4.78, 5) is 28.8. The van der Waals surface area contributed by atoms with Gasteiger partial charge >= 0.3 is 0 Å². The number of amides is 2. The third kappa shape index (κ3) is 5.26. The van der Waals surface area contributed by atoms with Gasteiger partial charge in [-0.1, -0.05) is 46.2 Å². The van der Waals surface area contributed by atoms with Gasteiger partial charge in [0.2, 0.25) is 5.91 Å². The van der Waals surface area contributed by atoms with Crippen molar-refractivity contribution in [3.05, 3.63) is 51.8 Å². The number of halogens is 1. The zero-order valence-electron chi connectivity index (χ0n) is 17.7. The lowest BCUT2D eigenvalue weighted by Crippen LogP contribution is -2.26. The molecule has 2 rings (SSSR count). The van der Waals surface area contributed by atoms with E-state index >= 15 is 0 Å². The molecule has 0 radical (unpaired) electrons. The van der Waals surface area contributed by atoms with E-state index in [2.05, 4.69) is 10.3 Å². The Labute approximate surface area is 176 Å². The number of anilines is 1. The second-order valence-corrected chi connectivity index (χ2v) is 8.70. The van der Waals surface area contributed by atoms with Crippen molar-refractivity contribution < 1.29 is 14.3 Å². The lowest BCUT2D eigenvalue weighted by Gasteiger charge is -2.25. The molecular weight excluding hydrogens is 390 g/mol. The van der Waals surface area contributed by atoms with Crippen molar-refractivity contribution in [3.8, 4) is 5.75 Å². The number of nitrogens with one attached hydrogen (secondary N) is 1. The number of hydrogen-bond donors (Lipinski definition) is 2. The first kappa shape index (κ1) is 22.7. The third-order valence-corrected chi connectivity index (χ3v) is 4.76. The molecule has 6 nitrogen and oxygen atoms in total. The van der Waals surface area contributed by atoms with Gasteiger partial charge in [-0.25, -0.2) is 0 Å². The number of carbonyl (C=O) groups is 2. The zero-order chi connectivity index (χ0) is 21.9. The number of primary amides is 1. The number of benzene rings is 1. The molecule has 0 unspecified atom stereocenters. The fourth-order valence-electron chi connectivity index (χ4n) is 3.36. The zero-order valence-corrected chi connectivity index (χ0v) is 18.5. The Morgan fingerprint density at radius 2 is 1.93 bits per heavy atom. The van der Waals surface area contributed by atoms with Crippen LogP contribution in [0.1, 0.15) is 67.7 Å². The summed E-state index contributed by atoms with van der Waals surface area (Å²) in [5.41, 5.74) is 7.94. The van der Waals surface area contributed by atoms with Crippen molar-refractivity contribution in [2.75, 3.05) is 12.4 Å². The van der Waals surface area contributed by atoms with Gasteiger partial charge in [-0.05, 0) is 35.1 Å². The Morgan fingerprint density at radius 3 is 2.45 bits per heavy atom. The number of methoxy groups -OCH3 is 1. The summed E-state index contributed by atoms with van der Waals surface area (Å²) >= 11 is 6.26. The topological polar surface area (TPSA) is 94.3 Å². The molecule has 0 aliphatic heterocycles. The molecule has 0 aliphatic carbocycles. The smallest absolute Gasteiger partial charge is 0.267 e. The highest BCUT2D eigenvalue weighted by molar-refractivity contribution is 6.30. The summed E-state index contributed by atoms with van der Waals surface area (Å²) < 4.78 is 5.56. The Bertz CT molecular complexity index is 934. The fourth-order valence-corrected chi connectivity index (χ4v) is 3.61. The van der Waals surface area contributed by atoms with Crippen molar-refractivity contribution in [2.45, 2.75) is 52.4 Å². The summed E-state index contributed by atoms with van der Waals surface area (Å²) in [7, 11) is 1.58. The van der Waals surface area contributed by atoms with E-state index in [1.54, 1.807) is 19.2 Å². The lowest BCUT2D eigenvalue weighted by atomic mass is 9.84. The highest BCUT2D eigenvalue weighted by atomic mass is 35.5. The van der Waals surface area contributed by atoms with Crippen LogP contribution in [0, 0.1) is 0 Å². The molecule has 2 amide bonds. The van der Waals surface area contributed by atoms with Gasteiger partial charge in [-0.2, -0.15) is 0 Å². The standard InChI is InChI=1S/C22H28ClN3O3/c1-12(2)15-11-14(23)9-13(20(15)29-6)10-17(27)26-16-7-8-25-19(21(24)28)18(16)22(3,4)5/h7-9,11-12H,10H2,1-6H3,(H2,24,28)(H,25,26,27). The first-order valence-electron chi connectivity index (χ1n) is 9.41. The maximum Gasteiger partial charge on any atom is 0.267 e. The number of rotatable bonds is 6. The highest BCUT2D eigenvalue weighted by Crippen LogP contribution is 2.35. The third-order valence-electron chi connectivity index (χ3n) is 4.54. The van der Waals surface area contributed by atoms with Gasteiger partial charge in [0.25, 0.3) is 5.91 Å². The molecule has 1 aromatic heterocycles. The predicted molar refractivity (Wildman–Crippen MR) is 116 cm³/mol. The summed E-state index contributed by atoms with van der Waals surface area (Å²) in [6.07, 6.45) is 1.53. The van der Waals surface area contributed by atoms with E-state index in [1.807, 2.05) is 40.7 Å². The maximum atomic E-state index is 12.9. The van der Waals surface area contributed by atoms with Crippen LogP contribution < -0.4 is 15.8 Å². The average molecular weight is 418 g/mol. The number of carbonyl (C=O) groups excluding carboxylic acids is 2. The molecule has 7 heteroatoms. The average Bonchev–Trinajstić information content (AvgIpc) is 2.59. The number of nitrogens with two attached hydrogens (primary N) is 1. The van der Waals surface area contributed by atoms with Crippen LogP contribution in [0.25, 0.3) is 0 Å². The van der Waals surface area contributed by atoms with E-state index in [9.17, 15) is 9.59 Å². The van der Waals surface area contributed by atoms with Crippen LogP contribution >= 0.6 is 11.6 Å². The highest BCUT2D eigenvalue weighted by Gasteiger charge is 2.26. The van der Waals surface area contributed by atoms with Gasteiger partial charge in [0.15, 0.2) is 0 Å². The number of pyridine rings is 1. The number of aromatic nitrogens is 1. The molecule has 0 spiro atoms. The molecule has 0 fully saturated rings. The minimum Gasteiger partial charge on any atom is -0.496 e. The van der Waals surface area contributed by atoms with Crippen molar-refractivity contribution in [3.63, 3.8) is 0 Å². The van der Waals surface area contributed by atoms with E-state index in [-0.39, 0.29) is 23.9 Å². The Balaban J connectivity index is 2.41. The van der Waals surface area contributed by atoms with Crippen molar-refractivity contribution in [2.24, 2.45) is 5.73 Å². The van der Waals surface area contributed by atoms with Crippen LogP contribution in [0.15, 0.2) is 24.4 Å². The van der Waals surface area contributed by atoms with Crippen LogP contribution in [0.4, 0.5) is 5.69 Å². The second kappa shape index (κ2) is 8.82. The van der Waals surface area contributed by atoms with Gasteiger partial charge in [-0.3, -0.25) is 14.6 Å². The minimum atomic E-state index is -0.635. The fraction of sp³-hybridized carbons (Fsp3) is 0.409. The largest absolute Gasteiger partial charge is 0.496 e. The molecule has 0 bridgehead atoms. The summed E-state index contributed by atoms with van der Waals surface area (Å²) in [5, 5.41) is 3.44. The van der Waals surface area contributed by atoms with Gasteiger partial charge in [0.1, 0.15) is 11.4 Å². The monoisotopic (exact) mass is 417 g/mol. The molecule has 0 atom stereocenters. The Morgan fingerprint density at radius 1 is 1.28 bits per heavy atom. The summed E-state index contributed by atoms with van der Waals surface area (Å²) in [6, 6.07) is 5.25. The van der Waals surface area contributed by atoms with Gasteiger partial charge in [0, 0.05) is 28.0 Å². The van der Waals surface area contributed by atoms with Crippen LogP contribution in [-0.4, -0.2) is 23.9 Å². The lowest BCUT2D eigenvalue weighted by molar-refractivity contribution is -0.115. The molecule has 2 aromatic rings. The molecule has 3 N–H and O–H groups in total. The van der Waals surface area contributed by atoms with Crippen molar-refractivity contribution in [1.29, 1.82) is 0 Å². The summed E-state index contributed by atoms with van der Waals surface area (Å²) in [5.74, 6) is -0.0454. The first-order chi connectivity index (χ1) is 13.5. The first-order valence-corrected chi connectivity index (χ1v) is 9.79. The molecule has 0 saturated heterocycles. The minimum absolute atomic E-state index is 0.0707. The van der Waals surface area contributed by atoms with Crippen LogP contribution in [0.3, 0.4) is 0 Å². The molecule has 0 aliphatic rings.